The molecular weight excluding hydrogens is 236 g/mol. The molecule has 100 valence electrons. The van der Waals surface area contributed by atoms with Crippen LogP contribution in [-0.4, -0.2) is 37.9 Å². The molecule has 0 bridgehead atoms. The molecule has 0 fully saturated rings. The first kappa shape index (κ1) is 14.3. The van der Waals surface area contributed by atoms with Crippen LogP contribution in [-0.2, 0) is 9.53 Å². The Kier molecular flexibility index (Phi) is 5.41. The van der Waals surface area contributed by atoms with Gasteiger partial charge in [-0.25, -0.2) is 0 Å². The molecule has 1 unspecified atom stereocenters. The van der Waals surface area contributed by atoms with Crippen LogP contribution < -0.4 is 15.8 Å². The first-order chi connectivity index (χ1) is 8.60. The predicted octanol–water partition coefficient (Wildman–Crippen LogP) is 0.703. The van der Waals surface area contributed by atoms with Crippen molar-refractivity contribution >= 4 is 11.6 Å². The smallest absolute Gasteiger partial charge is 0.227 e. The van der Waals surface area contributed by atoms with Crippen molar-refractivity contribution in [1.82, 2.24) is 0 Å². The largest absolute Gasteiger partial charge is 0.504 e. The fraction of sp³-hybridized carbons (Fsp3) is 0.417. The zero-order valence-electron chi connectivity index (χ0n) is 10.5. The maximum absolute atomic E-state index is 11.6. The Balaban J connectivity index is 2.62. The summed E-state index contributed by atoms with van der Waals surface area (Å²) in [7, 11) is 2.96. The Morgan fingerprint density at radius 3 is 2.72 bits per heavy atom. The normalized spacial score (nSPS) is 11.9. The van der Waals surface area contributed by atoms with E-state index in [1.165, 1.54) is 20.3 Å². The zero-order chi connectivity index (χ0) is 13.5. The third-order valence-electron chi connectivity index (χ3n) is 2.47. The fourth-order valence-electron chi connectivity index (χ4n) is 1.45. The highest BCUT2D eigenvalue weighted by molar-refractivity contribution is 5.91. The lowest BCUT2D eigenvalue weighted by Gasteiger charge is -2.13. The van der Waals surface area contributed by atoms with Crippen LogP contribution in [0.4, 0.5) is 5.69 Å². The molecule has 1 aromatic carbocycles. The molecule has 1 aromatic rings. The number of ether oxygens (including phenoxy) is 2. The number of phenols is 1. The summed E-state index contributed by atoms with van der Waals surface area (Å²) in [6.45, 7) is 0.276. The zero-order valence-corrected chi connectivity index (χ0v) is 10.5. The fourth-order valence-corrected chi connectivity index (χ4v) is 1.45. The van der Waals surface area contributed by atoms with Gasteiger partial charge in [0.25, 0.3) is 0 Å². The van der Waals surface area contributed by atoms with E-state index in [1.807, 2.05) is 0 Å². The summed E-state index contributed by atoms with van der Waals surface area (Å²) in [4.78, 5) is 11.6. The van der Waals surface area contributed by atoms with E-state index in [1.54, 1.807) is 12.1 Å². The monoisotopic (exact) mass is 254 g/mol. The molecule has 0 radical (unpaired) electrons. The van der Waals surface area contributed by atoms with Crippen molar-refractivity contribution in [3.63, 3.8) is 0 Å². The van der Waals surface area contributed by atoms with Gasteiger partial charge in [0.15, 0.2) is 11.5 Å². The van der Waals surface area contributed by atoms with Crippen LogP contribution >= 0.6 is 0 Å². The number of hydrogen-bond acceptors (Lipinski definition) is 5. The van der Waals surface area contributed by atoms with E-state index in [0.29, 0.717) is 11.4 Å². The van der Waals surface area contributed by atoms with Crippen LogP contribution in [0.5, 0.6) is 11.5 Å². The summed E-state index contributed by atoms with van der Waals surface area (Å²) in [5.74, 6) is 0.0963. The number of hydrogen-bond donors (Lipinski definition) is 3. The van der Waals surface area contributed by atoms with Crippen LogP contribution in [0.15, 0.2) is 18.2 Å². The number of aromatic hydroxyl groups is 1. The van der Waals surface area contributed by atoms with Crippen molar-refractivity contribution in [2.45, 2.75) is 12.5 Å². The van der Waals surface area contributed by atoms with Crippen LogP contribution in [0.2, 0.25) is 0 Å². The number of rotatable bonds is 6. The number of methoxy groups -OCH3 is 2. The second-order valence-electron chi connectivity index (χ2n) is 3.73. The van der Waals surface area contributed by atoms with Crippen LogP contribution in [0, 0.1) is 0 Å². The summed E-state index contributed by atoms with van der Waals surface area (Å²) in [5, 5.41) is 12.2. The highest BCUT2D eigenvalue weighted by atomic mass is 16.5. The Morgan fingerprint density at radius 1 is 1.50 bits per heavy atom. The minimum atomic E-state index is -0.308. The first-order valence-corrected chi connectivity index (χ1v) is 5.50. The number of phenolic OH excluding ortho intramolecular Hbond substituents is 1. The molecule has 0 aliphatic heterocycles. The molecule has 4 N–H and O–H groups in total. The van der Waals surface area contributed by atoms with Gasteiger partial charge in [0, 0.05) is 25.4 Å². The average Bonchev–Trinajstić information content (AvgIpc) is 2.36. The van der Waals surface area contributed by atoms with E-state index in [4.69, 9.17) is 15.2 Å². The molecular formula is C12H18N2O4. The minimum Gasteiger partial charge on any atom is -0.504 e. The average molecular weight is 254 g/mol. The second-order valence-corrected chi connectivity index (χ2v) is 3.73. The summed E-state index contributed by atoms with van der Waals surface area (Å²) in [5.41, 5.74) is 5.92. The van der Waals surface area contributed by atoms with Gasteiger partial charge in [-0.15, -0.1) is 0 Å². The standard InChI is InChI=1S/C12H18N2O4/c1-17-9(7-13)6-12(16)14-8-3-4-11(18-2)10(15)5-8/h3-5,9,15H,6-7,13H2,1-2H3,(H,14,16). The third-order valence-corrected chi connectivity index (χ3v) is 2.47. The van der Waals surface area contributed by atoms with Crippen molar-refractivity contribution in [1.29, 1.82) is 0 Å². The Morgan fingerprint density at radius 2 is 2.22 bits per heavy atom. The van der Waals surface area contributed by atoms with Crippen LogP contribution in [0.3, 0.4) is 0 Å². The molecule has 1 rings (SSSR count). The SMILES string of the molecule is COc1ccc(NC(=O)CC(CN)OC)cc1O. The van der Waals surface area contributed by atoms with Gasteiger partial charge >= 0.3 is 0 Å². The van der Waals surface area contributed by atoms with Gasteiger partial charge in [-0.3, -0.25) is 4.79 Å². The van der Waals surface area contributed by atoms with E-state index in [0.717, 1.165) is 0 Å². The summed E-state index contributed by atoms with van der Waals surface area (Å²) in [6, 6.07) is 4.63. The predicted molar refractivity (Wildman–Crippen MR) is 67.8 cm³/mol. The first-order valence-electron chi connectivity index (χ1n) is 5.50. The van der Waals surface area contributed by atoms with Crippen LogP contribution in [0.25, 0.3) is 0 Å². The van der Waals surface area contributed by atoms with Gasteiger partial charge in [0.2, 0.25) is 5.91 Å². The molecule has 0 saturated carbocycles. The number of anilines is 1. The molecule has 1 atom stereocenters. The lowest BCUT2D eigenvalue weighted by atomic mass is 10.2. The van der Waals surface area contributed by atoms with E-state index < -0.39 is 0 Å². The van der Waals surface area contributed by atoms with E-state index >= 15 is 0 Å². The highest BCUT2D eigenvalue weighted by Crippen LogP contribution is 2.28. The second kappa shape index (κ2) is 6.83. The van der Waals surface area contributed by atoms with Gasteiger partial charge in [0.05, 0.1) is 19.6 Å². The topological polar surface area (TPSA) is 93.8 Å². The van der Waals surface area contributed by atoms with Gasteiger partial charge < -0.3 is 25.6 Å². The molecule has 18 heavy (non-hydrogen) atoms. The van der Waals surface area contributed by atoms with Gasteiger partial charge in [0.1, 0.15) is 0 Å². The molecule has 0 aliphatic rings. The molecule has 0 heterocycles. The summed E-state index contributed by atoms with van der Waals surface area (Å²) in [6.07, 6.45) is -0.142. The number of nitrogens with one attached hydrogen (secondary N) is 1. The molecule has 0 spiro atoms. The molecule has 1 amide bonds. The van der Waals surface area contributed by atoms with Gasteiger partial charge in [-0.1, -0.05) is 0 Å². The maximum Gasteiger partial charge on any atom is 0.227 e. The van der Waals surface area contributed by atoms with Gasteiger partial charge in [-0.2, -0.15) is 0 Å². The number of carbonyl (C=O) groups is 1. The Labute approximate surface area is 106 Å². The molecule has 6 heteroatoms. The van der Waals surface area contributed by atoms with Crippen LogP contribution in [0.1, 0.15) is 6.42 Å². The Hall–Kier alpha value is -1.79. The molecule has 6 nitrogen and oxygen atoms in total. The molecule has 0 saturated heterocycles. The molecule has 0 aromatic heterocycles. The third kappa shape index (κ3) is 3.90. The number of benzene rings is 1. The summed E-state index contributed by atoms with van der Waals surface area (Å²) < 4.78 is 9.92. The quantitative estimate of drug-likeness (QED) is 0.695. The highest BCUT2D eigenvalue weighted by Gasteiger charge is 2.12. The Bertz CT molecular complexity index is 405. The number of carbonyl (C=O) groups excluding carboxylic acids is 1. The lowest BCUT2D eigenvalue weighted by molar-refractivity contribution is -0.118. The van der Waals surface area contributed by atoms with Gasteiger partial charge in [-0.05, 0) is 12.1 Å². The summed E-state index contributed by atoms with van der Waals surface area (Å²) >= 11 is 0. The van der Waals surface area contributed by atoms with E-state index in [-0.39, 0.29) is 30.7 Å². The number of nitrogens with two attached hydrogens (primary N) is 1. The minimum absolute atomic E-state index is 0.0302. The van der Waals surface area contributed by atoms with Crippen molar-refractivity contribution in [2.24, 2.45) is 5.73 Å². The van der Waals surface area contributed by atoms with Crippen molar-refractivity contribution in [2.75, 3.05) is 26.1 Å². The molecule has 0 aliphatic carbocycles. The number of amides is 1. The van der Waals surface area contributed by atoms with Crippen molar-refractivity contribution < 1.29 is 19.4 Å². The van der Waals surface area contributed by atoms with Crippen molar-refractivity contribution in [3.05, 3.63) is 18.2 Å². The van der Waals surface area contributed by atoms with E-state index in [9.17, 15) is 9.90 Å². The van der Waals surface area contributed by atoms with E-state index in [2.05, 4.69) is 5.32 Å². The maximum atomic E-state index is 11.6. The lowest BCUT2D eigenvalue weighted by Crippen LogP contribution is -2.28. The van der Waals surface area contributed by atoms with Crippen molar-refractivity contribution in [3.8, 4) is 11.5 Å².